The van der Waals surface area contributed by atoms with E-state index >= 15 is 0 Å². The zero-order valence-electron chi connectivity index (χ0n) is 9.48. The van der Waals surface area contributed by atoms with Crippen LogP contribution in [0.3, 0.4) is 0 Å². The van der Waals surface area contributed by atoms with Crippen LogP contribution in [-0.4, -0.2) is 4.37 Å². The third-order valence-electron chi connectivity index (χ3n) is 2.71. The van der Waals surface area contributed by atoms with Crippen LogP contribution in [0, 0.1) is 5.21 Å². The van der Waals surface area contributed by atoms with Crippen molar-refractivity contribution in [2.45, 2.75) is 0 Å². The van der Waals surface area contributed by atoms with Gasteiger partial charge in [0.05, 0.1) is 0 Å². The monoisotopic (exact) mass is 254 g/mol. The first-order valence-corrected chi connectivity index (χ1v) is 6.30. The Morgan fingerprint density at radius 2 is 1.39 bits per heavy atom. The highest BCUT2D eigenvalue weighted by Gasteiger charge is 2.21. The number of nitrogens with zero attached hydrogens (tertiary/aromatic N) is 2. The molecule has 3 nitrogen and oxygen atoms in total. The zero-order valence-corrected chi connectivity index (χ0v) is 10.3. The Labute approximate surface area is 109 Å². The summed E-state index contributed by atoms with van der Waals surface area (Å²) in [5.41, 5.74) is 3.20. The predicted octanol–water partition coefficient (Wildman–Crippen LogP) is 3.11. The minimum Gasteiger partial charge on any atom is -0.700 e. The van der Waals surface area contributed by atoms with Crippen LogP contribution in [-0.2, 0) is 0 Å². The molecule has 0 amide bonds. The van der Waals surface area contributed by atoms with Crippen molar-refractivity contribution >= 4 is 11.7 Å². The van der Waals surface area contributed by atoms with Crippen LogP contribution < -0.4 is 4.12 Å². The van der Waals surface area contributed by atoms with Crippen molar-refractivity contribution < 1.29 is 4.12 Å². The molecule has 1 heterocycles. The van der Waals surface area contributed by atoms with Crippen LogP contribution in [0.15, 0.2) is 60.7 Å². The molecule has 2 aromatic carbocycles. The standard InChI is InChI=1S/C14H10N2OS/c17-16-14(12-9-5-2-6-10-12)13(15-18-16)11-7-3-1-4-8-11/h1-10H. The van der Waals surface area contributed by atoms with Gasteiger partial charge in [0, 0.05) is 15.5 Å². The highest BCUT2D eigenvalue weighted by molar-refractivity contribution is 6.95. The molecule has 0 saturated heterocycles. The van der Waals surface area contributed by atoms with Crippen LogP contribution in [0.1, 0.15) is 0 Å². The molecular formula is C14H10N2OS. The van der Waals surface area contributed by atoms with E-state index in [0.29, 0.717) is 5.69 Å². The van der Waals surface area contributed by atoms with E-state index in [2.05, 4.69) is 4.37 Å². The van der Waals surface area contributed by atoms with Gasteiger partial charge in [-0.3, -0.25) is 0 Å². The second-order valence-corrected chi connectivity index (χ2v) is 4.54. The first-order chi connectivity index (χ1) is 8.86. The molecule has 18 heavy (non-hydrogen) atoms. The Morgan fingerprint density at radius 3 is 2.00 bits per heavy atom. The first kappa shape index (κ1) is 10.9. The number of hydrogen-bond donors (Lipinski definition) is 0. The molecule has 0 aliphatic rings. The molecule has 0 atom stereocenters. The number of benzene rings is 2. The lowest BCUT2D eigenvalue weighted by molar-refractivity contribution is -0.517. The van der Waals surface area contributed by atoms with Gasteiger partial charge in [0.25, 0.3) is 11.7 Å². The molecule has 88 valence electrons. The molecule has 3 aromatic rings. The molecule has 4 heteroatoms. The summed E-state index contributed by atoms with van der Waals surface area (Å²) >= 11 is 0.932. The fourth-order valence-electron chi connectivity index (χ4n) is 1.87. The van der Waals surface area contributed by atoms with Crippen molar-refractivity contribution in [3.63, 3.8) is 0 Å². The predicted molar refractivity (Wildman–Crippen MR) is 71.9 cm³/mol. The largest absolute Gasteiger partial charge is 0.700 e. The third-order valence-corrected chi connectivity index (χ3v) is 3.30. The van der Waals surface area contributed by atoms with E-state index < -0.39 is 0 Å². The van der Waals surface area contributed by atoms with Crippen molar-refractivity contribution in [2.75, 3.05) is 0 Å². The average Bonchev–Trinajstić information content (AvgIpc) is 2.83. The van der Waals surface area contributed by atoms with Gasteiger partial charge in [-0.1, -0.05) is 60.7 Å². The first-order valence-electron chi connectivity index (χ1n) is 5.57. The Morgan fingerprint density at radius 1 is 0.833 bits per heavy atom. The lowest BCUT2D eigenvalue weighted by Gasteiger charge is -2.02. The Bertz CT molecular complexity index is 650. The van der Waals surface area contributed by atoms with E-state index in [4.69, 9.17) is 0 Å². The maximum atomic E-state index is 11.9. The topological polar surface area (TPSA) is 39.8 Å². The molecule has 0 radical (unpaired) electrons. The third kappa shape index (κ3) is 1.87. The van der Waals surface area contributed by atoms with Crippen molar-refractivity contribution in [1.29, 1.82) is 0 Å². The van der Waals surface area contributed by atoms with Gasteiger partial charge in [0.15, 0.2) is 0 Å². The molecule has 1 aromatic heterocycles. The highest BCUT2D eigenvalue weighted by Crippen LogP contribution is 2.28. The van der Waals surface area contributed by atoms with Crippen LogP contribution in [0.5, 0.6) is 0 Å². The second-order valence-electron chi connectivity index (χ2n) is 3.86. The van der Waals surface area contributed by atoms with Crippen LogP contribution in [0.2, 0.25) is 0 Å². The maximum absolute atomic E-state index is 11.9. The molecule has 0 saturated carbocycles. The van der Waals surface area contributed by atoms with Gasteiger partial charge in [-0.25, -0.2) is 0 Å². The number of rotatable bonds is 2. The zero-order chi connectivity index (χ0) is 12.4. The van der Waals surface area contributed by atoms with Crippen molar-refractivity contribution in [1.82, 2.24) is 4.37 Å². The smallest absolute Gasteiger partial charge is 0.281 e. The quantitative estimate of drug-likeness (QED) is 0.520. The molecule has 0 unspecified atom stereocenters. The summed E-state index contributed by atoms with van der Waals surface area (Å²) in [7, 11) is 0. The minimum atomic E-state index is 0.617. The van der Waals surface area contributed by atoms with Crippen LogP contribution in [0.25, 0.3) is 22.5 Å². The lowest BCUT2D eigenvalue weighted by Crippen LogP contribution is -2.22. The lowest BCUT2D eigenvalue weighted by atomic mass is 10.1. The van der Waals surface area contributed by atoms with Crippen LogP contribution in [0.4, 0.5) is 0 Å². The van der Waals surface area contributed by atoms with E-state index in [9.17, 15) is 5.21 Å². The SMILES string of the molecule is [O-][n+]1snc(-c2ccccc2)c1-c1ccccc1. The van der Waals surface area contributed by atoms with Crippen molar-refractivity contribution in [3.8, 4) is 22.5 Å². The minimum absolute atomic E-state index is 0.617. The van der Waals surface area contributed by atoms with E-state index in [1.54, 1.807) is 0 Å². The van der Waals surface area contributed by atoms with Gasteiger partial charge in [-0.2, -0.15) is 4.12 Å². The summed E-state index contributed by atoms with van der Waals surface area (Å²) < 4.78 is 5.11. The van der Waals surface area contributed by atoms with Crippen LogP contribution >= 0.6 is 11.7 Å². The maximum Gasteiger partial charge on any atom is 0.281 e. The summed E-state index contributed by atoms with van der Waals surface area (Å²) in [4.78, 5) is 0. The molecule has 0 bridgehead atoms. The molecule has 0 fully saturated rings. The van der Waals surface area contributed by atoms with Gasteiger partial charge in [0.1, 0.15) is 0 Å². The fourth-order valence-corrected chi connectivity index (χ4v) is 2.49. The molecular weight excluding hydrogens is 244 g/mol. The van der Waals surface area contributed by atoms with E-state index in [1.807, 2.05) is 60.7 Å². The van der Waals surface area contributed by atoms with Gasteiger partial charge < -0.3 is 5.21 Å². The molecule has 0 aliphatic heterocycles. The van der Waals surface area contributed by atoms with E-state index in [1.165, 1.54) is 0 Å². The van der Waals surface area contributed by atoms with Crippen molar-refractivity contribution in [2.24, 2.45) is 0 Å². The van der Waals surface area contributed by atoms with E-state index in [-0.39, 0.29) is 0 Å². The number of hydrogen-bond acceptors (Lipinski definition) is 3. The normalized spacial score (nSPS) is 10.4. The van der Waals surface area contributed by atoms with E-state index in [0.717, 1.165) is 32.7 Å². The Hall–Kier alpha value is -2.20. The summed E-state index contributed by atoms with van der Waals surface area (Å²) in [6, 6.07) is 19.4. The molecule has 0 aliphatic carbocycles. The summed E-state index contributed by atoms with van der Waals surface area (Å²) in [6.45, 7) is 0. The summed E-state index contributed by atoms with van der Waals surface area (Å²) in [6.07, 6.45) is 0. The molecule has 3 rings (SSSR count). The summed E-state index contributed by atoms with van der Waals surface area (Å²) in [5.74, 6) is 0. The average molecular weight is 254 g/mol. The molecule has 0 N–H and O–H groups in total. The fraction of sp³-hybridized carbons (Fsp3) is 0. The Balaban J connectivity index is 2.19. The second kappa shape index (κ2) is 4.58. The van der Waals surface area contributed by atoms with Gasteiger partial charge in [-0.05, 0) is 0 Å². The van der Waals surface area contributed by atoms with Gasteiger partial charge in [0.2, 0.25) is 11.4 Å². The molecule has 0 spiro atoms. The van der Waals surface area contributed by atoms with Gasteiger partial charge >= 0.3 is 0 Å². The summed E-state index contributed by atoms with van der Waals surface area (Å²) in [5, 5.41) is 11.9. The highest BCUT2D eigenvalue weighted by atomic mass is 32.1. The van der Waals surface area contributed by atoms with Crippen molar-refractivity contribution in [3.05, 3.63) is 65.9 Å². The van der Waals surface area contributed by atoms with Gasteiger partial charge in [-0.15, -0.1) is 0 Å². The number of aromatic nitrogens is 2. The Kier molecular flexibility index (Phi) is 2.78.